The van der Waals surface area contributed by atoms with Crippen molar-refractivity contribution in [1.82, 2.24) is 24.4 Å². The fourth-order valence-electron chi connectivity index (χ4n) is 5.19. The molecule has 0 radical (unpaired) electrons. The smallest absolute Gasteiger partial charge is 0.421 e. The molecule has 2 aliphatic heterocycles. The van der Waals surface area contributed by atoms with Crippen LogP contribution in [-0.4, -0.2) is 56.7 Å². The summed E-state index contributed by atoms with van der Waals surface area (Å²) in [7, 11) is 1.40. The molecule has 1 saturated heterocycles. The van der Waals surface area contributed by atoms with Crippen LogP contribution < -0.4 is 4.74 Å². The number of benzene rings is 1. The number of alkyl halides is 3. The highest BCUT2D eigenvalue weighted by atomic mass is 35.5. The number of nitrogens with zero attached hydrogens (tertiary/aromatic N) is 5. The lowest BCUT2D eigenvalue weighted by Crippen LogP contribution is -2.34. The average Bonchev–Trinajstić information content (AvgIpc) is 3.28. The van der Waals surface area contributed by atoms with Crippen molar-refractivity contribution in [3.8, 4) is 5.88 Å². The number of imidazole rings is 1. The SMILES string of the molecule is COC(=N)c1cc2nc(CN3CCc4cc(C(F)(F)F)c(OCc5ccc(Cl)cc5F)nc4C3)n(C[C@@H]3CCO3)c2cn1. The van der Waals surface area contributed by atoms with Gasteiger partial charge in [0.15, 0.2) is 0 Å². The Bertz CT molecular complexity index is 1690. The number of hydrogen-bond acceptors (Lipinski definition) is 8. The molecule has 0 unspecified atom stereocenters. The van der Waals surface area contributed by atoms with Gasteiger partial charge in [-0.1, -0.05) is 17.7 Å². The van der Waals surface area contributed by atoms with Gasteiger partial charge >= 0.3 is 6.18 Å². The van der Waals surface area contributed by atoms with Crippen molar-refractivity contribution in [2.75, 3.05) is 20.3 Å². The third-order valence-corrected chi connectivity index (χ3v) is 7.84. The highest BCUT2D eigenvalue weighted by Crippen LogP contribution is 2.38. The maximum Gasteiger partial charge on any atom is 0.421 e. The Labute approximate surface area is 248 Å². The van der Waals surface area contributed by atoms with Gasteiger partial charge in [0.2, 0.25) is 11.8 Å². The Kier molecular flexibility index (Phi) is 7.96. The van der Waals surface area contributed by atoms with Crippen molar-refractivity contribution < 1.29 is 31.8 Å². The molecular weight excluding hydrogens is 592 g/mol. The lowest BCUT2D eigenvalue weighted by Gasteiger charge is -2.30. The minimum absolute atomic E-state index is 0.0443. The van der Waals surface area contributed by atoms with Crippen LogP contribution in [0.2, 0.25) is 5.02 Å². The summed E-state index contributed by atoms with van der Waals surface area (Å²) in [5, 5.41) is 8.12. The van der Waals surface area contributed by atoms with Gasteiger partial charge in [-0.3, -0.25) is 10.3 Å². The summed E-state index contributed by atoms with van der Waals surface area (Å²) in [6, 6.07) is 6.65. The fraction of sp³-hybridized carbons (Fsp3) is 0.379. The van der Waals surface area contributed by atoms with Gasteiger partial charge in [0, 0.05) is 30.3 Å². The van der Waals surface area contributed by atoms with E-state index in [-0.39, 0.29) is 29.1 Å². The van der Waals surface area contributed by atoms with Crippen LogP contribution in [-0.2, 0) is 48.3 Å². The fourth-order valence-corrected chi connectivity index (χ4v) is 5.35. The zero-order valence-electron chi connectivity index (χ0n) is 23.0. The zero-order chi connectivity index (χ0) is 30.3. The van der Waals surface area contributed by atoms with E-state index >= 15 is 0 Å². The first kappa shape index (κ1) is 29.3. The summed E-state index contributed by atoms with van der Waals surface area (Å²) >= 11 is 5.79. The molecule has 0 spiro atoms. The Morgan fingerprint density at radius 1 is 1.21 bits per heavy atom. The van der Waals surface area contributed by atoms with Crippen molar-refractivity contribution in [2.45, 2.75) is 51.4 Å². The van der Waals surface area contributed by atoms with Crippen molar-refractivity contribution in [3.63, 3.8) is 0 Å². The van der Waals surface area contributed by atoms with Crippen molar-refractivity contribution >= 4 is 28.5 Å². The molecule has 1 fully saturated rings. The number of fused-ring (bicyclic) bond motifs is 2. The van der Waals surface area contributed by atoms with E-state index in [1.54, 1.807) is 12.3 Å². The quantitative estimate of drug-likeness (QED) is 0.157. The summed E-state index contributed by atoms with van der Waals surface area (Å²) in [6.45, 7) is 1.98. The summed E-state index contributed by atoms with van der Waals surface area (Å²) in [4.78, 5) is 15.5. The molecule has 2 aliphatic rings. The Hall–Kier alpha value is -3.81. The van der Waals surface area contributed by atoms with E-state index < -0.39 is 30.0 Å². The van der Waals surface area contributed by atoms with Gasteiger partial charge in [0.05, 0.1) is 49.2 Å². The van der Waals surface area contributed by atoms with Gasteiger partial charge in [-0.25, -0.2) is 19.3 Å². The van der Waals surface area contributed by atoms with Crippen LogP contribution in [0.1, 0.15) is 40.3 Å². The molecule has 3 aromatic heterocycles. The lowest BCUT2D eigenvalue weighted by molar-refractivity contribution is -0.139. The van der Waals surface area contributed by atoms with Crippen LogP contribution in [0.15, 0.2) is 36.5 Å². The number of nitrogens with one attached hydrogen (secondary N) is 1. The summed E-state index contributed by atoms with van der Waals surface area (Å²) in [5.74, 6) is -0.620. The number of aromatic nitrogens is 4. The minimum Gasteiger partial charge on any atom is -0.480 e. The number of hydrogen-bond donors (Lipinski definition) is 1. The first-order valence-corrected chi connectivity index (χ1v) is 14.0. The molecule has 226 valence electrons. The van der Waals surface area contributed by atoms with Crippen LogP contribution >= 0.6 is 11.6 Å². The summed E-state index contributed by atoms with van der Waals surface area (Å²) in [5.41, 5.74) is 1.79. The molecule has 0 saturated carbocycles. The number of ether oxygens (including phenoxy) is 3. The van der Waals surface area contributed by atoms with Gasteiger partial charge in [-0.05, 0) is 42.7 Å². The van der Waals surface area contributed by atoms with Crippen molar-refractivity contribution in [3.05, 3.63) is 81.3 Å². The molecule has 6 rings (SSSR count). The second kappa shape index (κ2) is 11.7. The highest BCUT2D eigenvalue weighted by molar-refractivity contribution is 6.30. The van der Waals surface area contributed by atoms with Crippen LogP contribution in [0, 0.1) is 11.2 Å². The first-order chi connectivity index (χ1) is 20.6. The highest BCUT2D eigenvalue weighted by Gasteiger charge is 2.37. The maximum absolute atomic E-state index is 14.3. The van der Waals surface area contributed by atoms with Crippen LogP contribution in [0.25, 0.3) is 11.0 Å². The van der Waals surface area contributed by atoms with E-state index in [0.717, 1.165) is 29.9 Å². The molecule has 1 atom stereocenters. The molecule has 1 aromatic carbocycles. The number of pyridine rings is 2. The predicted octanol–water partition coefficient (Wildman–Crippen LogP) is 5.54. The molecular formula is C29H27ClF4N6O3. The van der Waals surface area contributed by atoms with E-state index in [2.05, 4.69) is 14.9 Å². The Balaban J connectivity index is 1.27. The van der Waals surface area contributed by atoms with Gasteiger partial charge in [0.25, 0.3) is 0 Å². The number of methoxy groups -OCH3 is 1. The van der Waals surface area contributed by atoms with E-state index in [1.807, 2.05) is 4.57 Å². The summed E-state index contributed by atoms with van der Waals surface area (Å²) in [6.07, 6.45) is -1.73. The zero-order valence-corrected chi connectivity index (χ0v) is 23.8. The largest absolute Gasteiger partial charge is 0.480 e. The van der Waals surface area contributed by atoms with Crippen molar-refractivity contribution in [1.29, 1.82) is 5.41 Å². The predicted molar refractivity (Wildman–Crippen MR) is 149 cm³/mol. The molecule has 43 heavy (non-hydrogen) atoms. The van der Waals surface area contributed by atoms with Gasteiger partial charge in [-0.15, -0.1) is 0 Å². The monoisotopic (exact) mass is 618 g/mol. The van der Waals surface area contributed by atoms with Gasteiger partial charge in [-0.2, -0.15) is 13.2 Å². The standard InChI is InChI=1S/C29H27ClF4N6O3/c1-41-27(35)23-10-22-25(11-36-23)40(12-19-5-7-42-19)26(37-22)14-39-6-4-16-8-20(29(32,33)34)28(38-24(16)13-39)43-15-17-2-3-18(30)9-21(17)31/h2-3,8-11,19,35H,4-7,12-15H2,1H3/t19-/m0/s1. The molecule has 4 aromatic rings. The molecule has 5 heterocycles. The molecule has 1 N–H and O–H groups in total. The van der Waals surface area contributed by atoms with Crippen LogP contribution in [0.4, 0.5) is 17.6 Å². The topological polar surface area (TPSA) is 98.4 Å². The lowest BCUT2D eigenvalue weighted by atomic mass is 10.0. The summed E-state index contributed by atoms with van der Waals surface area (Å²) < 4.78 is 74.3. The molecule has 9 nitrogen and oxygen atoms in total. The van der Waals surface area contributed by atoms with E-state index in [4.69, 9.17) is 36.2 Å². The number of rotatable bonds is 8. The molecule has 14 heteroatoms. The second-order valence-electron chi connectivity index (χ2n) is 10.4. The van der Waals surface area contributed by atoms with E-state index in [1.165, 1.54) is 19.2 Å². The van der Waals surface area contributed by atoms with Crippen LogP contribution in [0.5, 0.6) is 5.88 Å². The average molecular weight is 619 g/mol. The third-order valence-electron chi connectivity index (χ3n) is 7.61. The van der Waals surface area contributed by atoms with Crippen LogP contribution in [0.3, 0.4) is 0 Å². The number of halogens is 5. The van der Waals surface area contributed by atoms with Crippen molar-refractivity contribution in [2.24, 2.45) is 0 Å². The van der Waals surface area contributed by atoms with Gasteiger partial charge < -0.3 is 18.8 Å². The van der Waals surface area contributed by atoms with E-state index in [0.29, 0.717) is 55.1 Å². The first-order valence-electron chi connectivity index (χ1n) is 13.6. The maximum atomic E-state index is 14.3. The molecule has 0 aliphatic carbocycles. The van der Waals surface area contributed by atoms with E-state index in [9.17, 15) is 17.6 Å². The molecule has 0 amide bonds. The normalized spacial score (nSPS) is 17.0. The minimum atomic E-state index is -4.70. The van der Waals surface area contributed by atoms with Gasteiger partial charge in [0.1, 0.15) is 29.5 Å². The Morgan fingerprint density at radius 2 is 2.02 bits per heavy atom. The third kappa shape index (κ3) is 6.15. The Morgan fingerprint density at radius 3 is 2.72 bits per heavy atom. The molecule has 0 bridgehead atoms. The second-order valence-corrected chi connectivity index (χ2v) is 10.9.